The van der Waals surface area contributed by atoms with Crippen LogP contribution >= 0.6 is 0 Å². The van der Waals surface area contributed by atoms with Gasteiger partial charge in [0.1, 0.15) is 5.82 Å². The molecule has 3 nitrogen and oxygen atoms in total. The van der Waals surface area contributed by atoms with E-state index in [1.165, 1.54) is 0 Å². The zero-order valence-electron chi connectivity index (χ0n) is 17.1. The molecule has 0 N–H and O–H groups in total. The predicted molar refractivity (Wildman–Crippen MR) is 104 cm³/mol. The third kappa shape index (κ3) is 4.02. The molecule has 0 spiro atoms. The van der Waals surface area contributed by atoms with Crippen molar-refractivity contribution in [2.75, 3.05) is 0 Å². The second kappa shape index (κ2) is 6.48. The Kier molecular flexibility index (Phi) is 5.35. The van der Waals surface area contributed by atoms with Gasteiger partial charge in [0.2, 0.25) is 0 Å². The molecule has 0 aliphatic carbocycles. The first kappa shape index (κ1) is 20.6. The summed E-state index contributed by atoms with van der Waals surface area (Å²) in [5.74, 6) is -0.292. The quantitative estimate of drug-likeness (QED) is 0.726. The lowest BCUT2D eigenvalue weighted by molar-refractivity contribution is 0.00578. The average molecular weight is 366 g/mol. The van der Waals surface area contributed by atoms with E-state index >= 15 is 4.39 Å². The van der Waals surface area contributed by atoms with Crippen molar-refractivity contribution >= 4 is 20.9 Å². The molecule has 1 saturated heterocycles. The van der Waals surface area contributed by atoms with Gasteiger partial charge in [-0.1, -0.05) is 39.0 Å². The first-order valence-electron chi connectivity index (χ1n) is 8.95. The Labute approximate surface area is 153 Å². The van der Waals surface area contributed by atoms with E-state index < -0.39 is 26.6 Å². The van der Waals surface area contributed by atoms with Crippen molar-refractivity contribution in [2.45, 2.75) is 84.4 Å². The van der Waals surface area contributed by atoms with Crippen LogP contribution in [0.3, 0.4) is 0 Å². The fraction of sp³-hybridized carbons (Fsp3) is 0.684. The number of benzene rings is 1. The smallest absolute Gasteiger partial charge is 0.412 e. The Morgan fingerprint density at radius 3 is 2.08 bits per heavy atom. The molecule has 0 unspecified atom stereocenters. The first-order valence-corrected chi connectivity index (χ1v) is 11.9. The van der Waals surface area contributed by atoms with Gasteiger partial charge in [0.25, 0.3) is 0 Å². The molecule has 1 aromatic rings. The van der Waals surface area contributed by atoms with Gasteiger partial charge in [-0.2, -0.15) is 0 Å². The Morgan fingerprint density at radius 2 is 1.60 bits per heavy atom. The standard InChI is InChI=1S/C19H32BFO3Si/c1-17(2,3)25(8,9)22-13-14-11-10-12-15(16(14)21)20-23-18(4,5)19(6,7)24-20/h10-12H,13H2,1-9H3. The minimum Gasteiger partial charge on any atom is -0.412 e. The minimum absolute atomic E-state index is 0.0901. The van der Waals surface area contributed by atoms with E-state index in [9.17, 15) is 0 Å². The van der Waals surface area contributed by atoms with Gasteiger partial charge in [0, 0.05) is 11.0 Å². The molecule has 1 heterocycles. The van der Waals surface area contributed by atoms with Crippen LogP contribution in [0.1, 0.15) is 54.0 Å². The molecular formula is C19H32BFO3Si. The van der Waals surface area contributed by atoms with E-state index in [-0.39, 0.29) is 17.5 Å². The molecule has 1 aromatic carbocycles. The fourth-order valence-electron chi connectivity index (χ4n) is 2.34. The molecule has 6 heteroatoms. The summed E-state index contributed by atoms with van der Waals surface area (Å²) in [7, 11) is -2.63. The number of halogens is 1. The Morgan fingerprint density at radius 1 is 1.08 bits per heavy atom. The molecule has 0 saturated carbocycles. The van der Waals surface area contributed by atoms with Gasteiger partial charge in [-0.25, -0.2) is 4.39 Å². The lowest BCUT2D eigenvalue weighted by Gasteiger charge is -2.36. The van der Waals surface area contributed by atoms with E-state index in [0.717, 1.165) is 0 Å². The molecule has 1 aliphatic heterocycles. The molecule has 25 heavy (non-hydrogen) atoms. The number of hydrogen-bond acceptors (Lipinski definition) is 3. The SMILES string of the molecule is CC1(C)OB(c2cccc(CO[Si](C)(C)C(C)(C)C)c2F)OC1(C)C. The second-order valence-corrected chi connectivity index (χ2v) is 14.3. The maximum absolute atomic E-state index is 15.1. The van der Waals surface area contributed by atoms with Crippen LogP contribution in [0.2, 0.25) is 18.1 Å². The van der Waals surface area contributed by atoms with Crippen LogP contribution in [-0.2, 0) is 20.3 Å². The van der Waals surface area contributed by atoms with Gasteiger partial charge in [-0.05, 0) is 45.8 Å². The van der Waals surface area contributed by atoms with Gasteiger partial charge >= 0.3 is 7.12 Å². The van der Waals surface area contributed by atoms with Crippen LogP contribution < -0.4 is 5.46 Å². The summed E-state index contributed by atoms with van der Waals surface area (Å²) in [6.07, 6.45) is 0. The normalized spacial score (nSPS) is 20.2. The molecule has 0 radical (unpaired) electrons. The highest BCUT2D eigenvalue weighted by Crippen LogP contribution is 2.38. The van der Waals surface area contributed by atoms with Crippen LogP contribution in [-0.4, -0.2) is 26.6 Å². The van der Waals surface area contributed by atoms with Crippen molar-refractivity contribution < 1.29 is 18.1 Å². The van der Waals surface area contributed by atoms with Gasteiger partial charge in [0.05, 0.1) is 17.8 Å². The highest BCUT2D eigenvalue weighted by molar-refractivity contribution is 6.74. The Hall–Kier alpha value is -0.688. The molecule has 0 aromatic heterocycles. The largest absolute Gasteiger partial charge is 0.497 e. The van der Waals surface area contributed by atoms with Crippen molar-refractivity contribution in [3.05, 3.63) is 29.6 Å². The molecule has 2 rings (SSSR count). The van der Waals surface area contributed by atoms with E-state index in [0.29, 0.717) is 11.0 Å². The van der Waals surface area contributed by atoms with Crippen molar-refractivity contribution in [3.8, 4) is 0 Å². The number of rotatable bonds is 4. The van der Waals surface area contributed by atoms with Crippen LogP contribution in [0.25, 0.3) is 0 Å². The van der Waals surface area contributed by atoms with E-state index in [2.05, 4.69) is 33.9 Å². The van der Waals surface area contributed by atoms with E-state index in [1.807, 2.05) is 33.8 Å². The summed E-state index contributed by atoms with van der Waals surface area (Å²) < 4.78 is 33.2. The van der Waals surface area contributed by atoms with Crippen molar-refractivity contribution in [1.82, 2.24) is 0 Å². The molecule has 0 atom stereocenters. The Bertz CT molecular complexity index is 622. The fourth-order valence-corrected chi connectivity index (χ4v) is 3.29. The first-order chi connectivity index (χ1) is 11.2. The summed E-state index contributed by atoms with van der Waals surface area (Å²) in [5.41, 5.74) is 0.0159. The monoisotopic (exact) mass is 366 g/mol. The average Bonchev–Trinajstić information content (AvgIpc) is 2.65. The topological polar surface area (TPSA) is 27.7 Å². The summed E-state index contributed by atoms with van der Waals surface area (Å²) in [6, 6.07) is 5.35. The van der Waals surface area contributed by atoms with E-state index in [4.69, 9.17) is 13.7 Å². The van der Waals surface area contributed by atoms with Crippen molar-refractivity contribution in [2.24, 2.45) is 0 Å². The molecular weight excluding hydrogens is 334 g/mol. The van der Waals surface area contributed by atoms with Gasteiger partial charge in [0.15, 0.2) is 8.32 Å². The van der Waals surface area contributed by atoms with Crippen LogP contribution in [0.15, 0.2) is 18.2 Å². The third-order valence-corrected chi connectivity index (χ3v) is 10.5. The summed E-state index contributed by atoms with van der Waals surface area (Å²) in [4.78, 5) is 0. The van der Waals surface area contributed by atoms with Gasteiger partial charge in [-0.3, -0.25) is 0 Å². The predicted octanol–water partition coefficient (Wildman–Crippen LogP) is 4.65. The lowest BCUT2D eigenvalue weighted by atomic mass is 9.78. The molecule has 0 bridgehead atoms. The highest BCUT2D eigenvalue weighted by atomic mass is 28.4. The Balaban J connectivity index is 2.22. The molecule has 0 amide bonds. The van der Waals surface area contributed by atoms with Crippen molar-refractivity contribution in [3.63, 3.8) is 0 Å². The maximum atomic E-state index is 15.1. The molecule has 140 valence electrons. The molecule has 1 aliphatic rings. The summed E-state index contributed by atoms with van der Waals surface area (Å²) >= 11 is 0. The van der Waals surface area contributed by atoms with Gasteiger partial charge in [-0.15, -0.1) is 0 Å². The van der Waals surface area contributed by atoms with Crippen LogP contribution in [0.5, 0.6) is 0 Å². The zero-order valence-corrected chi connectivity index (χ0v) is 18.1. The minimum atomic E-state index is -1.93. The second-order valence-electron chi connectivity index (χ2n) is 9.46. The lowest BCUT2D eigenvalue weighted by Crippen LogP contribution is -2.41. The van der Waals surface area contributed by atoms with Gasteiger partial charge < -0.3 is 13.7 Å². The summed E-state index contributed by atoms with van der Waals surface area (Å²) in [6.45, 7) is 19.0. The van der Waals surface area contributed by atoms with E-state index in [1.54, 1.807) is 12.1 Å². The number of hydrogen-bond donors (Lipinski definition) is 0. The maximum Gasteiger partial charge on any atom is 0.497 e. The summed E-state index contributed by atoms with van der Waals surface area (Å²) in [5, 5.41) is 0.0901. The third-order valence-electron chi connectivity index (χ3n) is 6.01. The van der Waals surface area contributed by atoms with Crippen molar-refractivity contribution in [1.29, 1.82) is 0 Å². The van der Waals surface area contributed by atoms with Crippen LogP contribution in [0, 0.1) is 5.82 Å². The van der Waals surface area contributed by atoms with Crippen LogP contribution in [0.4, 0.5) is 4.39 Å². The molecule has 1 fully saturated rings. The zero-order chi connectivity index (χ0) is 19.3. The highest BCUT2D eigenvalue weighted by Gasteiger charge is 2.52.